The summed E-state index contributed by atoms with van der Waals surface area (Å²) in [4.78, 5) is 23.1. The van der Waals surface area contributed by atoms with E-state index in [9.17, 15) is 19.8 Å². The molecule has 0 aromatic carbocycles. The second kappa shape index (κ2) is 22.6. The van der Waals surface area contributed by atoms with Gasteiger partial charge in [0, 0.05) is 5.41 Å². The van der Waals surface area contributed by atoms with Crippen LogP contribution in [-0.2, 0) is 9.59 Å². The number of carboxylic acid groups (broad SMARTS) is 2. The van der Waals surface area contributed by atoms with E-state index in [-0.39, 0.29) is 72.0 Å². The molecule has 0 fully saturated rings. The molecule has 0 amide bonds. The molecule has 0 aliphatic carbocycles. The summed E-state index contributed by atoms with van der Waals surface area (Å²) in [5.41, 5.74) is -1.80. The fraction of sp³-hybridized carbons (Fsp3) is 0.909. The number of carbonyl (C=O) groups is 2. The molecule has 0 heterocycles. The van der Waals surface area contributed by atoms with Crippen LogP contribution in [0.4, 0.5) is 0 Å². The Morgan fingerprint density at radius 1 is 0.536 bits per heavy atom. The molecular formula is C22H40Na2O4. The summed E-state index contributed by atoms with van der Waals surface area (Å²) in [7, 11) is 0. The molecule has 4 nitrogen and oxygen atoms in total. The molecule has 0 saturated heterocycles. The normalized spacial score (nSPS) is 10.8. The Bertz CT molecular complexity index is 362. The van der Waals surface area contributed by atoms with Crippen molar-refractivity contribution >= 4 is 11.9 Å². The summed E-state index contributed by atoms with van der Waals surface area (Å²) < 4.78 is 0. The van der Waals surface area contributed by atoms with Gasteiger partial charge >= 0.3 is 59.1 Å². The van der Waals surface area contributed by atoms with Crippen LogP contribution in [0.5, 0.6) is 0 Å². The average Bonchev–Trinajstić information content (AvgIpc) is 2.60. The molecule has 0 aliphatic heterocycles. The number of carbonyl (C=O) groups excluding carboxylic acids is 2. The topological polar surface area (TPSA) is 80.3 Å². The van der Waals surface area contributed by atoms with Gasteiger partial charge in [-0.1, -0.05) is 110 Å². The van der Waals surface area contributed by atoms with E-state index >= 15 is 0 Å². The zero-order valence-corrected chi connectivity index (χ0v) is 23.2. The maximum atomic E-state index is 11.5. The third kappa shape index (κ3) is 15.7. The van der Waals surface area contributed by atoms with Gasteiger partial charge in [-0.15, -0.1) is 0 Å². The van der Waals surface area contributed by atoms with Gasteiger partial charge in [0.1, 0.15) is 0 Å². The first-order valence-electron chi connectivity index (χ1n) is 10.9. The molecule has 0 aliphatic rings. The third-order valence-corrected chi connectivity index (χ3v) is 5.45. The van der Waals surface area contributed by atoms with Crippen LogP contribution >= 0.6 is 0 Å². The molecule has 0 rings (SSSR count). The van der Waals surface area contributed by atoms with Crippen molar-refractivity contribution in [2.75, 3.05) is 0 Å². The van der Waals surface area contributed by atoms with Crippen molar-refractivity contribution < 1.29 is 78.9 Å². The number of rotatable bonds is 19. The zero-order valence-electron chi connectivity index (χ0n) is 19.2. The summed E-state index contributed by atoms with van der Waals surface area (Å²) in [5, 5.41) is 23.1. The van der Waals surface area contributed by atoms with Gasteiger partial charge in [-0.05, 0) is 12.8 Å². The minimum atomic E-state index is -1.80. The van der Waals surface area contributed by atoms with Crippen LogP contribution in [0.25, 0.3) is 0 Å². The smallest absolute Gasteiger partial charge is 0.549 e. The molecule has 0 atom stereocenters. The van der Waals surface area contributed by atoms with Crippen molar-refractivity contribution in [2.45, 2.75) is 123 Å². The first-order chi connectivity index (χ1) is 12.5. The van der Waals surface area contributed by atoms with Crippen LogP contribution in [0.1, 0.15) is 123 Å². The molecule has 6 heteroatoms. The van der Waals surface area contributed by atoms with E-state index in [0.29, 0.717) is 12.8 Å². The van der Waals surface area contributed by atoms with Crippen molar-refractivity contribution in [1.29, 1.82) is 0 Å². The standard InChI is InChI=1S/C22H42O4.2Na/c1-3-5-7-9-10-11-12-13-15-17-19-22(20(23)24,21(25)26)18-16-14-8-6-4-2;;/h3-19H2,1-2H3,(H,23,24)(H,25,26);;/q;2*+1/p-2. The Morgan fingerprint density at radius 2 is 0.786 bits per heavy atom. The van der Waals surface area contributed by atoms with Gasteiger partial charge in [-0.2, -0.15) is 0 Å². The first-order valence-corrected chi connectivity index (χ1v) is 10.9. The SMILES string of the molecule is CCCCCCCCCCCCC(CCCCCCC)(C(=O)[O-])C(=O)[O-].[Na+].[Na+]. The van der Waals surface area contributed by atoms with Crippen LogP contribution in [0.3, 0.4) is 0 Å². The summed E-state index contributed by atoms with van der Waals surface area (Å²) in [6.45, 7) is 4.32. The average molecular weight is 415 g/mol. The molecule has 0 aromatic rings. The quantitative estimate of drug-likeness (QED) is 0.141. The van der Waals surface area contributed by atoms with Gasteiger partial charge in [0.05, 0.1) is 11.9 Å². The predicted octanol–water partition coefficient (Wildman–Crippen LogP) is -1.85. The fourth-order valence-electron chi connectivity index (χ4n) is 3.56. The summed E-state index contributed by atoms with van der Waals surface area (Å²) in [6, 6.07) is 0. The Morgan fingerprint density at radius 3 is 1.04 bits per heavy atom. The Hall–Kier alpha value is 0.940. The van der Waals surface area contributed by atoms with Crippen LogP contribution in [0.2, 0.25) is 0 Å². The Balaban J connectivity index is -0.00000312. The predicted molar refractivity (Wildman–Crippen MR) is 102 cm³/mol. The monoisotopic (exact) mass is 414 g/mol. The molecule has 0 spiro atoms. The van der Waals surface area contributed by atoms with Crippen molar-refractivity contribution in [3.8, 4) is 0 Å². The summed E-state index contributed by atoms with van der Waals surface area (Å²) in [6.07, 6.45) is 16.3. The van der Waals surface area contributed by atoms with Crippen molar-refractivity contribution in [3.05, 3.63) is 0 Å². The summed E-state index contributed by atoms with van der Waals surface area (Å²) >= 11 is 0. The van der Waals surface area contributed by atoms with E-state index in [4.69, 9.17) is 0 Å². The summed E-state index contributed by atoms with van der Waals surface area (Å²) in [5.74, 6) is -2.94. The second-order valence-corrected chi connectivity index (χ2v) is 7.75. The van der Waals surface area contributed by atoms with Gasteiger partial charge in [-0.3, -0.25) is 0 Å². The molecular weight excluding hydrogens is 374 g/mol. The number of aliphatic carboxylic acids is 2. The molecule has 0 radical (unpaired) electrons. The van der Waals surface area contributed by atoms with E-state index < -0.39 is 17.4 Å². The molecule has 0 bridgehead atoms. The van der Waals surface area contributed by atoms with Crippen molar-refractivity contribution in [3.63, 3.8) is 0 Å². The maximum absolute atomic E-state index is 11.5. The van der Waals surface area contributed by atoms with Gasteiger partial charge in [-0.25, -0.2) is 0 Å². The van der Waals surface area contributed by atoms with Gasteiger partial charge in [0.15, 0.2) is 0 Å². The molecule has 28 heavy (non-hydrogen) atoms. The maximum Gasteiger partial charge on any atom is 1.00 e. The van der Waals surface area contributed by atoms with Gasteiger partial charge in [0.25, 0.3) is 0 Å². The van der Waals surface area contributed by atoms with Crippen molar-refractivity contribution in [2.24, 2.45) is 5.41 Å². The van der Waals surface area contributed by atoms with E-state index in [1.165, 1.54) is 38.5 Å². The minimum Gasteiger partial charge on any atom is -0.549 e. The van der Waals surface area contributed by atoms with Crippen LogP contribution in [0.15, 0.2) is 0 Å². The van der Waals surface area contributed by atoms with Crippen molar-refractivity contribution in [1.82, 2.24) is 0 Å². The van der Waals surface area contributed by atoms with Gasteiger partial charge in [0.2, 0.25) is 0 Å². The van der Waals surface area contributed by atoms with E-state index in [1.807, 2.05) is 0 Å². The fourth-order valence-corrected chi connectivity index (χ4v) is 3.56. The minimum absolute atomic E-state index is 0. The molecule has 0 N–H and O–H groups in total. The van der Waals surface area contributed by atoms with Crippen LogP contribution < -0.4 is 69.3 Å². The Labute approximate surface area is 217 Å². The van der Waals surface area contributed by atoms with Crippen LogP contribution in [0, 0.1) is 5.41 Å². The largest absolute Gasteiger partial charge is 1.00 e. The number of carboxylic acids is 2. The molecule has 0 unspecified atom stereocenters. The third-order valence-electron chi connectivity index (χ3n) is 5.45. The van der Waals surface area contributed by atoms with E-state index in [0.717, 1.165) is 44.9 Å². The Kier molecular flexibility index (Phi) is 27.1. The molecule has 0 saturated carbocycles. The second-order valence-electron chi connectivity index (χ2n) is 7.75. The number of hydrogen-bond acceptors (Lipinski definition) is 4. The zero-order chi connectivity index (χ0) is 19.7. The van der Waals surface area contributed by atoms with E-state index in [1.54, 1.807) is 0 Å². The number of hydrogen-bond donors (Lipinski definition) is 0. The molecule has 0 aromatic heterocycles. The number of unbranched alkanes of at least 4 members (excludes halogenated alkanes) is 13. The van der Waals surface area contributed by atoms with Gasteiger partial charge < -0.3 is 19.8 Å². The first kappa shape index (κ1) is 33.6. The van der Waals surface area contributed by atoms with E-state index in [2.05, 4.69) is 13.8 Å². The molecule has 154 valence electrons. The van der Waals surface area contributed by atoms with Crippen LogP contribution in [-0.4, -0.2) is 11.9 Å².